The van der Waals surface area contributed by atoms with E-state index >= 15 is 0 Å². The van der Waals surface area contributed by atoms with Crippen molar-refractivity contribution in [2.45, 2.75) is 0 Å². The van der Waals surface area contributed by atoms with E-state index in [-0.39, 0.29) is 17.4 Å². The maximum atomic E-state index is 11.5. The second kappa shape index (κ2) is 3.69. The highest BCUT2D eigenvalue weighted by molar-refractivity contribution is 6.17. The topological polar surface area (TPSA) is 69.6 Å². The number of likely N-dealkylation sites (N-methyl/N-ethyl adjacent to an activating group) is 1. The van der Waals surface area contributed by atoms with E-state index in [2.05, 4.69) is 5.32 Å². The Morgan fingerprint density at radius 2 is 1.94 bits per heavy atom. The first kappa shape index (κ1) is 10.2. The average Bonchev–Trinajstić information content (AvgIpc) is 2.50. The highest BCUT2D eigenvalue weighted by Gasteiger charge is 2.27. The Hall–Kier alpha value is -2.30. The van der Waals surface area contributed by atoms with E-state index in [1.54, 1.807) is 18.2 Å². The third-order valence-electron chi connectivity index (χ3n) is 2.31. The number of hydrogen-bond acceptors (Lipinski definition) is 4. The van der Waals surface area contributed by atoms with Crippen LogP contribution in [0.15, 0.2) is 36.0 Å². The first-order valence-corrected chi connectivity index (χ1v) is 4.68. The highest BCUT2D eigenvalue weighted by atomic mass is 16.3. The third-order valence-corrected chi connectivity index (χ3v) is 2.31. The van der Waals surface area contributed by atoms with E-state index in [1.807, 2.05) is 0 Å². The largest absolute Gasteiger partial charge is 0.506 e. The van der Waals surface area contributed by atoms with E-state index in [9.17, 15) is 14.7 Å². The first-order chi connectivity index (χ1) is 7.59. The van der Waals surface area contributed by atoms with Crippen molar-refractivity contribution in [1.82, 2.24) is 4.90 Å². The average molecular weight is 218 g/mol. The van der Waals surface area contributed by atoms with Crippen molar-refractivity contribution in [3.05, 3.63) is 36.0 Å². The summed E-state index contributed by atoms with van der Waals surface area (Å²) in [4.78, 5) is 23.7. The number of phenolic OH excluding ortho intramolecular Hbond substituents is 1. The minimum atomic E-state index is -0.409. The summed E-state index contributed by atoms with van der Waals surface area (Å²) in [5, 5.41) is 12.2. The minimum Gasteiger partial charge on any atom is -0.506 e. The van der Waals surface area contributed by atoms with Crippen LogP contribution in [0.5, 0.6) is 5.75 Å². The molecule has 1 aliphatic rings. The highest BCUT2D eigenvalue weighted by Crippen LogP contribution is 2.24. The number of nitrogens with one attached hydrogen (secondary N) is 1. The van der Waals surface area contributed by atoms with Crippen LogP contribution in [0, 0.1) is 0 Å². The molecule has 1 aromatic rings. The van der Waals surface area contributed by atoms with Crippen molar-refractivity contribution in [3.63, 3.8) is 0 Å². The molecule has 5 heteroatoms. The fraction of sp³-hybridized carbons (Fsp3) is 0.0909. The van der Waals surface area contributed by atoms with Crippen LogP contribution in [0.1, 0.15) is 0 Å². The van der Waals surface area contributed by atoms with Crippen LogP contribution < -0.4 is 5.32 Å². The summed E-state index contributed by atoms with van der Waals surface area (Å²) in [6.45, 7) is 0. The molecule has 2 amide bonds. The van der Waals surface area contributed by atoms with Crippen LogP contribution in [0.25, 0.3) is 0 Å². The summed E-state index contributed by atoms with van der Waals surface area (Å²) in [7, 11) is 1.40. The lowest BCUT2D eigenvalue weighted by atomic mass is 10.3. The fourth-order valence-corrected chi connectivity index (χ4v) is 1.38. The van der Waals surface area contributed by atoms with Crippen molar-refractivity contribution in [2.75, 3.05) is 12.4 Å². The number of para-hydroxylation sites is 2. The van der Waals surface area contributed by atoms with Crippen molar-refractivity contribution < 1.29 is 14.7 Å². The van der Waals surface area contributed by atoms with Crippen molar-refractivity contribution in [3.8, 4) is 5.75 Å². The van der Waals surface area contributed by atoms with Gasteiger partial charge in [-0.05, 0) is 12.1 Å². The molecule has 1 aromatic carbocycles. The fourth-order valence-electron chi connectivity index (χ4n) is 1.38. The van der Waals surface area contributed by atoms with Gasteiger partial charge in [-0.3, -0.25) is 14.5 Å². The number of hydrogen-bond donors (Lipinski definition) is 2. The zero-order valence-electron chi connectivity index (χ0n) is 8.60. The van der Waals surface area contributed by atoms with E-state index < -0.39 is 5.91 Å². The lowest BCUT2D eigenvalue weighted by molar-refractivity contribution is -0.135. The lowest BCUT2D eigenvalue weighted by Crippen LogP contribution is -2.27. The van der Waals surface area contributed by atoms with Crippen LogP contribution in [0.2, 0.25) is 0 Å². The molecule has 1 aliphatic heterocycles. The van der Waals surface area contributed by atoms with Gasteiger partial charge < -0.3 is 10.4 Å². The van der Waals surface area contributed by atoms with Gasteiger partial charge in [0.2, 0.25) is 0 Å². The van der Waals surface area contributed by atoms with Gasteiger partial charge >= 0.3 is 0 Å². The summed E-state index contributed by atoms with van der Waals surface area (Å²) in [5.41, 5.74) is 0.555. The molecule has 2 N–H and O–H groups in total. The van der Waals surface area contributed by atoms with Gasteiger partial charge in [0.25, 0.3) is 11.8 Å². The molecule has 0 saturated carbocycles. The number of nitrogens with zero attached hydrogens (tertiary/aromatic N) is 1. The number of aromatic hydroxyl groups is 1. The Morgan fingerprint density at radius 1 is 1.25 bits per heavy atom. The van der Waals surface area contributed by atoms with Gasteiger partial charge in [-0.15, -0.1) is 0 Å². The number of carbonyl (C=O) groups is 2. The summed E-state index contributed by atoms with van der Waals surface area (Å²) < 4.78 is 0. The molecular formula is C11H10N2O3. The summed E-state index contributed by atoms with van der Waals surface area (Å²) in [6, 6.07) is 6.50. The Kier molecular flexibility index (Phi) is 2.36. The number of benzene rings is 1. The Balaban J connectivity index is 2.24. The van der Waals surface area contributed by atoms with Crippen molar-refractivity contribution >= 4 is 17.5 Å². The Bertz CT molecular complexity index is 494. The van der Waals surface area contributed by atoms with E-state index in [0.29, 0.717) is 5.69 Å². The normalized spacial score (nSPS) is 15.3. The summed E-state index contributed by atoms with van der Waals surface area (Å²) >= 11 is 0. The Labute approximate surface area is 92.0 Å². The third kappa shape index (κ3) is 1.63. The van der Waals surface area contributed by atoms with E-state index in [1.165, 1.54) is 19.2 Å². The molecule has 0 unspecified atom stereocenters. The molecule has 0 saturated heterocycles. The van der Waals surface area contributed by atoms with Crippen LogP contribution in [0.4, 0.5) is 5.69 Å². The number of amides is 2. The van der Waals surface area contributed by atoms with E-state index in [0.717, 1.165) is 4.90 Å². The number of anilines is 1. The first-order valence-electron chi connectivity index (χ1n) is 4.68. The maximum Gasteiger partial charge on any atom is 0.277 e. The molecular weight excluding hydrogens is 208 g/mol. The van der Waals surface area contributed by atoms with Crippen LogP contribution in [0.3, 0.4) is 0 Å². The lowest BCUT2D eigenvalue weighted by Gasteiger charge is -2.09. The van der Waals surface area contributed by atoms with Crippen molar-refractivity contribution in [2.24, 2.45) is 0 Å². The minimum absolute atomic E-state index is 0.0261. The molecule has 16 heavy (non-hydrogen) atoms. The summed E-state index contributed by atoms with van der Waals surface area (Å²) in [6.07, 6.45) is 1.20. The van der Waals surface area contributed by atoms with Gasteiger partial charge in [-0.1, -0.05) is 12.1 Å². The maximum absolute atomic E-state index is 11.5. The zero-order valence-corrected chi connectivity index (χ0v) is 8.60. The molecule has 0 aromatic heterocycles. The zero-order chi connectivity index (χ0) is 11.7. The molecule has 0 atom stereocenters. The van der Waals surface area contributed by atoms with Crippen LogP contribution >= 0.6 is 0 Å². The molecule has 0 fully saturated rings. The van der Waals surface area contributed by atoms with Crippen LogP contribution in [-0.4, -0.2) is 28.9 Å². The van der Waals surface area contributed by atoms with Crippen molar-refractivity contribution in [1.29, 1.82) is 0 Å². The van der Waals surface area contributed by atoms with Gasteiger partial charge in [0.05, 0.1) is 5.69 Å². The van der Waals surface area contributed by atoms with Gasteiger partial charge in [-0.25, -0.2) is 0 Å². The number of carbonyl (C=O) groups excluding carboxylic acids is 2. The number of imide groups is 1. The predicted molar refractivity (Wildman–Crippen MR) is 57.6 cm³/mol. The SMILES string of the molecule is CN1C(=O)C=C(Nc2ccccc2O)C1=O. The smallest absolute Gasteiger partial charge is 0.277 e. The van der Waals surface area contributed by atoms with Gasteiger partial charge in [0, 0.05) is 13.1 Å². The van der Waals surface area contributed by atoms with Gasteiger partial charge in [0.1, 0.15) is 11.4 Å². The molecule has 1 heterocycles. The molecule has 5 nitrogen and oxygen atoms in total. The molecule has 0 radical (unpaired) electrons. The molecule has 82 valence electrons. The van der Waals surface area contributed by atoms with Gasteiger partial charge in [-0.2, -0.15) is 0 Å². The molecule has 0 aliphatic carbocycles. The quantitative estimate of drug-likeness (QED) is 0.566. The van der Waals surface area contributed by atoms with Crippen LogP contribution in [-0.2, 0) is 9.59 Å². The molecule has 0 bridgehead atoms. The predicted octanol–water partition coefficient (Wildman–Crippen LogP) is 0.687. The number of rotatable bonds is 2. The molecule has 0 spiro atoms. The second-order valence-electron chi connectivity index (χ2n) is 3.40. The Morgan fingerprint density at radius 3 is 2.50 bits per heavy atom. The summed E-state index contributed by atoms with van der Waals surface area (Å²) in [5.74, 6) is -0.755. The van der Waals surface area contributed by atoms with Gasteiger partial charge in [0.15, 0.2) is 0 Å². The standard InChI is InChI=1S/C11H10N2O3/c1-13-10(15)6-8(11(13)16)12-7-4-2-3-5-9(7)14/h2-6,12,14H,1H3. The van der Waals surface area contributed by atoms with E-state index in [4.69, 9.17) is 0 Å². The molecule has 2 rings (SSSR count). The number of phenols is 1. The monoisotopic (exact) mass is 218 g/mol. The second-order valence-corrected chi connectivity index (χ2v) is 3.40.